The molecule has 4 aromatic rings. The first-order valence-corrected chi connectivity index (χ1v) is 9.82. The van der Waals surface area contributed by atoms with Crippen LogP contribution in [0.5, 0.6) is 0 Å². The molecular weight excluding hydrogens is 402 g/mol. The van der Waals surface area contributed by atoms with E-state index in [-0.39, 0.29) is 0 Å². The molecule has 2 aromatic carbocycles. The maximum atomic E-state index is 11.7. The van der Waals surface area contributed by atoms with Gasteiger partial charge in [-0.2, -0.15) is 0 Å². The maximum Gasteiger partial charge on any atom is 0.411 e. The van der Waals surface area contributed by atoms with Crippen LogP contribution in [0.3, 0.4) is 0 Å². The first-order valence-electron chi connectivity index (χ1n) is 9.44. The topological polar surface area (TPSA) is 80.5 Å². The molecule has 0 unspecified atom stereocenters. The van der Waals surface area contributed by atoms with E-state index in [0.29, 0.717) is 34.4 Å². The van der Waals surface area contributed by atoms with E-state index in [2.05, 4.69) is 20.6 Å². The summed E-state index contributed by atoms with van der Waals surface area (Å²) in [6, 6.07) is 13.3. The van der Waals surface area contributed by atoms with Crippen molar-refractivity contribution in [3.8, 4) is 22.4 Å². The average Bonchev–Trinajstić information content (AvgIpc) is 3.18. The Bertz CT molecular complexity index is 1200. The van der Waals surface area contributed by atoms with Gasteiger partial charge in [-0.15, -0.1) is 0 Å². The molecule has 0 radical (unpaired) electrons. The number of amides is 1. The van der Waals surface area contributed by atoms with Crippen molar-refractivity contribution < 1.29 is 9.53 Å². The largest absolute Gasteiger partial charge is 0.450 e. The molecule has 2 aromatic heterocycles. The van der Waals surface area contributed by atoms with E-state index in [4.69, 9.17) is 16.3 Å². The lowest BCUT2D eigenvalue weighted by molar-refractivity contribution is 0.168. The monoisotopic (exact) mass is 421 g/mol. The molecule has 4 rings (SSSR count). The third kappa shape index (κ3) is 4.06. The molecule has 0 saturated heterocycles. The molecule has 0 aliphatic carbocycles. The van der Waals surface area contributed by atoms with Gasteiger partial charge in [0.25, 0.3) is 0 Å². The van der Waals surface area contributed by atoms with Crippen molar-refractivity contribution in [2.24, 2.45) is 0 Å². The maximum absolute atomic E-state index is 11.7. The number of carbonyl (C=O) groups is 1. The van der Waals surface area contributed by atoms with Crippen molar-refractivity contribution in [3.63, 3.8) is 0 Å². The van der Waals surface area contributed by atoms with Gasteiger partial charge in [-0.3, -0.25) is 9.72 Å². The molecule has 0 spiro atoms. The number of halogens is 1. The van der Waals surface area contributed by atoms with E-state index < -0.39 is 6.09 Å². The van der Waals surface area contributed by atoms with Crippen molar-refractivity contribution in [2.75, 3.05) is 24.3 Å². The predicted octanol–water partition coefficient (Wildman–Crippen LogP) is 5.33. The van der Waals surface area contributed by atoms with E-state index in [0.717, 1.165) is 16.8 Å². The summed E-state index contributed by atoms with van der Waals surface area (Å²) in [6.07, 6.45) is 5.11. The Morgan fingerprint density at radius 1 is 1.10 bits per heavy atom. The van der Waals surface area contributed by atoms with Crippen molar-refractivity contribution in [2.45, 2.75) is 6.92 Å². The normalized spacial score (nSPS) is 10.8. The summed E-state index contributed by atoms with van der Waals surface area (Å²) >= 11 is 6.39. The molecule has 2 heterocycles. The lowest BCUT2D eigenvalue weighted by Gasteiger charge is -2.07. The van der Waals surface area contributed by atoms with Crippen molar-refractivity contribution >= 4 is 34.8 Å². The molecule has 0 fully saturated rings. The number of nitrogens with zero attached hydrogens (tertiary/aromatic N) is 3. The Labute approximate surface area is 178 Å². The minimum atomic E-state index is -0.517. The standard InChI is InChI=1S/C22H20ClN5O2/c1-3-30-22(29)26-17-8-9-19(23)18(10-17)20-13-28-12-15(11-25-21(28)27-20)14-4-6-16(24-2)7-5-14/h4-13,24H,3H2,1-2H3,(H,26,29). The van der Waals surface area contributed by atoms with Gasteiger partial charge in [-0.1, -0.05) is 23.7 Å². The molecule has 152 valence electrons. The van der Waals surface area contributed by atoms with E-state index in [1.807, 2.05) is 48.1 Å². The zero-order valence-corrected chi connectivity index (χ0v) is 17.3. The Hall–Kier alpha value is -3.58. The minimum Gasteiger partial charge on any atom is -0.450 e. The molecule has 2 N–H and O–H groups in total. The van der Waals surface area contributed by atoms with Crippen molar-refractivity contribution in [1.82, 2.24) is 14.4 Å². The Balaban J connectivity index is 1.67. The zero-order valence-electron chi connectivity index (χ0n) is 16.5. The molecular formula is C22H20ClN5O2. The van der Waals surface area contributed by atoms with Gasteiger partial charge in [-0.25, -0.2) is 14.8 Å². The number of anilines is 2. The molecule has 0 atom stereocenters. The lowest BCUT2D eigenvalue weighted by Crippen LogP contribution is -2.13. The Morgan fingerprint density at radius 3 is 2.60 bits per heavy atom. The first-order chi connectivity index (χ1) is 14.6. The fraction of sp³-hybridized carbons (Fsp3) is 0.136. The summed E-state index contributed by atoms with van der Waals surface area (Å²) in [4.78, 5) is 20.7. The average molecular weight is 422 g/mol. The van der Waals surface area contributed by atoms with Gasteiger partial charge < -0.3 is 10.1 Å². The lowest BCUT2D eigenvalue weighted by atomic mass is 10.1. The number of imidazole rings is 1. The molecule has 7 nitrogen and oxygen atoms in total. The van der Waals surface area contributed by atoms with Gasteiger partial charge in [0.2, 0.25) is 5.78 Å². The Morgan fingerprint density at radius 2 is 1.87 bits per heavy atom. The number of carbonyl (C=O) groups excluding carboxylic acids is 1. The third-order valence-corrected chi connectivity index (χ3v) is 4.91. The molecule has 0 aliphatic rings. The number of rotatable bonds is 5. The van der Waals surface area contributed by atoms with Crippen LogP contribution in [0.1, 0.15) is 6.92 Å². The summed E-state index contributed by atoms with van der Waals surface area (Å²) in [7, 11) is 1.89. The highest BCUT2D eigenvalue weighted by Crippen LogP contribution is 2.31. The van der Waals surface area contributed by atoms with Crippen LogP contribution in [0.4, 0.5) is 16.2 Å². The SMILES string of the molecule is CCOC(=O)Nc1ccc(Cl)c(-c2cn3cc(-c4ccc(NC)cc4)cnc3n2)c1. The van der Waals surface area contributed by atoms with Crippen LogP contribution >= 0.6 is 11.6 Å². The van der Waals surface area contributed by atoms with Crippen LogP contribution < -0.4 is 10.6 Å². The summed E-state index contributed by atoms with van der Waals surface area (Å²) in [6.45, 7) is 2.05. The van der Waals surface area contributed by atoms with Crippen LogP contribution in [0.25, 0.3) is 28.2 Å². The van der Waals surface area contributed by atoms with Crippen molar-refractivity contribution in [3.05, 3.63) is 66.1 Å². The Kier molecular flexibility index (Phi) is 5.54. The van der Waals surface area contributed by atoms with Gasteiger partial charge in [0.1, 0.15) is 0 Å². The third-order valence-electron chi connectivity index (χ3n) is 4.58. The number of hydrogen-bond donors (Lipinski definition) is 2. The van der Waals surface area contributed by atoms with Crippen LogP contribution in [-0.4, -0.2) is 34.1 Å². The van der Waals surface area contributed by atoms with E-state index in [1.165, 1.54) is 0 Å². The summed E-state index contributed by atoms with van der Waals surface area (Å²) in [5, 5.41) is 6.31. The number of ether oxygens (including phenoxy) is 1. The smallest absolute Gasteiger partial charge is 0.411 e. The number of benzene rings is 2. The summed E-state index contributed by atoms with van der Waals surface area (Å²) in [5.74, 6) is 0.556. The minimum absolute atomic E-state index is 0.296. The highest BCUT2D eigenvalue weighted by molar-refractivity contribution is 6.33. The molecule has 0 bridgehead atoms. The van der Waals surface area contributed by atoms with Crippen LogP contribution in [0, 0.1) is 0 Å². The van der Waals surface area contributed by atoms with E-state index in [1.54, 1.807) is 31.3 Å². The molecule has 30 heavy (non-hydrogen) atoms. The van der Waals surface area contributed by atoms with Crippen molar-refractivity contribution in [1.29, 1.82) is 0 Å². The quantitative estimate of drug-likeness (QED) is 0.455. The summed E-state index contributed by atoms with van der Waals surface area (Å²) in [5.41, 5.74) is 4.99. The second-order valence-corrected chi connectivity index (χ2v) is 6.95. The van der Waals surface area contributed by atoms with Gasteiger partial charge in [0.05, 0.1) is 17.3 Å². The van der Waals surface area contributed by atoms with Gasteiger partial charge in [0.15, 0.2) is 0 Å². The fourth-order valence-electron chi connectivity index (χ4n) is 3.08. The highest BCUT2D eigenvalue weighted by atomic mass is 35.5. The molecule has 0 saturated carbocycles. The first kappa shape index (κ1) is 19.7. The fourth-order valence-corrected chi connectivity index (χ4v) is 3.29. The molecule has 0 aliphatic heterocycles. The van der Waals surface area contributed by atoms with Gasteiger partial charge in [0, 0.05) is 48.1 Å². The predicted molar refractivity (Wildman–Crippen MR) is 119 cm³/mol. The number of aromatic nitrogens is 3. The number of nitrogens with one attached hydrogen (secondary N) is 2. The van der Waals surface area contributed by atoms with Crippen LogP contribution in [0.15, 0.2) is 61.1 Å². The second-order valence-electron chi connectivity index (χ2n) is 6.54. The number of fused-ring (bicyclic) bond motifs is 1. The van der Waals surface area contributed by atoms with E-state index in [9.17, 15) is 4.79 Å². The van der Waals surface area contributed by atoms with Crippen LogP contribution in [0.2, 0.25) is 5.02 Å². The highest BCUT2D eigenvalue weighted by Gasteiger charge is 2.12. The van der Waals surface area contributed by atoms with Gasteiger partial charge >= 0.3 is 6.09 Å². The zero-order chi connectivity index (χ0) is 21.1. The number of hydrogen-bond acceptors (Lipinski definition) is 5. The van der Waals surface area contributed by atoms with E-state index >= 15 is 0 Å². The van der Waals surface area contributed by atoms with Crippen LogP contribution in [-0.2, 0) is 4.74 Å². The second kappa shape index (κ2) is 8.42. The van der Waals surface area contributed by atoms with Gasteiger partial charge in [-0.05, 0) is 42.8 Å². The summed E-state index contributed by atoms with van der Waals surface area (Å²) < 4.78 is 6.78. The molecule has 1 amide bonds. The molecule has 8 heteroatoms.